The van der Waals surface area contributed by atoms with Gasteiger partial charge in [0, 0.05) is 22.8 Å². The summed E-state index contributed by atoms with van der Waals surface area (Å²) < 4.78 is 41.0. The van der Waals surface area contributed by atoms with Crippen LogP contribution in [0.5, 0.6) is 0 Å². The van der Waals surface area contributed by atoms with Gasteiger partial charge in [-0.3, -0.25) is 4.72 Å². The first-order valence-electron chi connectivity index (χ1n) is 9.79. The number of nitrogens with one attached hydrogen (secondary N) is 2. The SMILES string of the molecule is O=S(=O)(Nc1ccccn1)c1ccc(Nc2ncnc3scc(-c4ccc(F)cc4)c23)cc1. The first-order chi connectivity index (χ1) is 16.0. The van der Waals surface area contributed by atoms with Crippen molar-refractivity contribution in [1.82, 2.24) is 15.0 Å². The van der Waals surface area contributed by atoms with E-state index in [0.717, 1.165) is 21.3 Å². The molecule has 0 bridgehead atoms. The van der Waals surface area contributed by atoms with Gasteiger partial charge in [-0.15, -0.1) is 11.3 Å². The molecule has 7 nitrogen and oxygen atoms in total. The van der Waals surface area contributed by atoms with E-state index in [1.807, 2.05) is 5.38 Å². The van der Waals surface area contributed by atoms with Gasteiger partial charge in [-0.25, -0.2) is 27.8 Å². The van der Waals surface area contributed by atoms with Crippen molar-refractivity contribution in [2.24, 2.45) is 0 Å². The monoisotopic (exact) mass is 477 g/mol. The molecule has 0 aliphatic carbocycles. The molecule has 164 valence electrons. The second kappa shape index (κ2) is 8.57. The van der Waals surface area contributed by atoms with E-state index in [4.69, 9.17) is 0 Å². The number of anilines is 3. The lowest BCUT2D eigenvalue weighted by molar-refractivity contribution is 0.601. The van der Waals surface area contributed by atoms with Crippen LogP contribution in [0.1, 0.15) is 0 Å². The summed E-state index contributed by atoms with van der Waals surface area (Å²) in [6, 6.07) is 17.5. The van der Waals surface area contributed by atoms with Crippen molar-refractivity contribution in [3.8, 4) is 11.1 Å². The van der Waals surface area contributed by atoms with Gasteiger partial charge in [0.1, 0.15) is 28.6 Å². The number of hydrogen-bond donors (Lipinski definition) is 2. The zero-order valence-electron chi connectivity index (χ0n) is 16.9. The number of sulfonamides is 1. The molecule has 5 rings (SSSR count). The molecule has 0 radical (unpaired) electrons. The number of nitrogens with zero attached hydrogens (tertiary/aromatic N) is 3. The molecule has 33 heavy (non-hydrogen) atoms. The van der Waals surface area contributed by atoms with Crippen molar-refractivity contribution in [2.45, 2.75) is 4.90 Å². The van der Waals surface area contributed by atoms with Gasteiger partial charge < -0.3 is 5.32 Å². The minimum Gasteiger partial charge on any atom is -0.340 e. The molecular weight excluding hydrogens is 461 g/mol. The molecule has 0 aliphatic rings. The van der Waals surface area contributed by atoms with E-state index in [9.17, 15) is 12.8 Å². The number of rotatable bonds is 6. The van der Waals surface area contributed by atoms with E-state index in [-0.39, 0.29) is 16.5 Å². The first kappa shape index (κ1) is 21.0. The van der Waals surface area contributed by atoms with E-state index in [0.29, 0.717) is 11.5 Å². The van der Waals surface area contributed by atoms with Crippen LogP contribution in [-0.2, 0) is 10.0 Å². The largest absolute Gasteiger partial charge is 0.340 e. The summed E-state index contributed by atoms with van der Waals surface area (Å²) in [6.45, 7) is 0. The Hall–Kier alpha value is -3.89. The Balaban J connectivity index is 1.43. The lowest BCUT2D eigenvalue weighted by Crippen LogP contribution is -2.13. The normalized spacial score (nSPS) is 11.4. The lowest BCUT2D eigenvalue weighted by Gasteiger charge is -2.10. The Morgan fingerprint density at radius 1 is 0.879 bits per heavy atom. The summed E-state index contributed by atoms with van der Waals surface area (Å²) >= 11 is 1.47. The van der Waals surface area contributed by atoms with E-state index >= 15 is 0 Å². The highest BCUT2D eigenvalue weighted by Crippen LogP contribution is 2.37. The summed E-state index contributed by atoms with van der Waals surface area (Å²) in [4.78, 5) is 13.6. The Morgan fingerprint density at radius 2 is 1.67 bits per heavy atom. The molecule has 0 aliphatic heterocycles. The summed E-state index contributed by atoms with van der Waals surface area (Å²) in [5, 5.41) is 6.00. The van der Waals surface area contributed by atoms with Crippen molar-refractivity contribution in [1.29, 1.82) is 0 Å². The van der Waals surface area contributed by atoms with E-state index < -0.39 is 10.0 Å². The predicted octanol–water partition coefficient (Wildman–Crippen LogP) is 5.44. The lowest BCUT2D eigenvalue weighted by atomic mass is 10.1. The molecular formula is C23H16FN5O2S2. The predicted molar refractivity (Wildman–Crippen MR) is 128 cm³/mol. The second-order valence-corrected chi connectivity index (χ2v) is 9.57. The molecule has 10 heteroatoms. The maximum Gasteiger partial charge on any atom is 0.263 e. The third-order valence-corrected chi connectivity index (χ3v) is 7.11. The Bertz CT molecular complexity index is 1520. The number of fused-ring (bicyclic) bond motifs is 1. The van der Waals surface area contributed by atoms with Gasteiger partial charge in [-0.1, -0.05) is 18.2 Å². The molecule has 0 saturated heterocycles. The van der Waals surface area contributed by atoms with Gasteiger partial charge in [0.2, 0.25) is 0 Å². The average Bonchev–Trinajstić information content (AvgIpc) is 3.26. The van der Waals surface area contributed by atoms with Crippen LogP contribution >= 0.6 is 11.3 Å². The van der Waals surface area contributed by atoms with Gasteiger partial charge in [0.05, 0.1) is 10.3 Å². The molecule has 0 atom stereocenters. The van der Waals surface area contributed by atoms with Crippen LogP contribution in [0.4, 0.5) is 21.7 Å². The summed E-state index contributed by atoms with van der Waals surface area (Å²) in [5.41, 5.74) is 2.39. The molecule has 0 amide bonds. The van der Waals surface area contributed by atoms with Gasteiger partial charge in [0.15, 0.2) is 0 Å². The van der Waals surface area contributed by atoms with Crippen LogP contribution in [0.2, 0.25) is 0 Å². The zero-order valence-corrected chi connectivity index (χ0v) is 18.6. The molecule has 2 N–H and O–H groups in total. The van der Waals surface area contributed by atoms with Gasteiger partial charge in [0.25, 0.3) is 10.0 Å². The smallest absolute Gasteiger partial charge is 0.263 e. The molecule has 0 spiro atoms. The number of halogens is 1. The highest BCUT2D eigenvalue weighted by molar-refractivity contribution is 7.92. The molecule has 0 fully saturated rings. The van der Waals surface area contributed by atoms with Crippen molar-refractivity contribution in [3.05, 3.63) is 90.5 Å². The number of hydrogen-bond acceptors (Lipinski definition) is 7. The second-order valence-electron chi connectivity index (χ2n) is 7.03. The molecule has 0 unspecified atom stereocenters. The van der Waals surface area contributed by atoms with E-state index in [1.54, 1.807) is 42.5 Å². The third kappa shape index (κ3) is 4.38. The highest BCUT2D eigenvalue weighted by Gasteiger charge is 2.16. The Morgan fingerprint density at radius 3 is 2.39 bits per heavy atom. The topological polar surface area (TPSA) is 96.9 Å². The fourth-order valence-electron chi connectivity index (χ4n) is 3.29. The van der Waals surface area contributed by atoms with Crippen molar-refractivity contribution in [3.63, 3.8) is 0 Å². The Kier molecular flexibility index (Phi) is 5.45. The summed E-state index contributed by atoms with van der Waals surface area (Å²) in [6.07, 6.45) is 2.98. The van der Waals surface area contributed by atoms with Crippen molar-refractivity contribution < 1.29 is 12.8 Å². The Labute approximate surface area is 193 Å². The van der Waals surface area contributed by atoms with Gasteiger partial charge >= 0.3 is 0 Å². The quantitative estimate of drug-likeness (QED) is 0.338. The summed E-state index contributed by atoms with van der Waals surface area (Å²) in [7, 11) is -3.77. The highest BCUT2D eigenvalue weighted by atomic mass is 32.2. The molecule has 5 aromatic rings. The molecule has 3 heterocycles. The van der Waals surface area contributed by atoms with E-state index in [1.165, 1.54) is 48.1 Å². The minimum atomic E-state index is -3.77. The third-order valence-electron chi connectivity index (χ3n) is 4.86. The van der Waals surface area contributed by atoms with Crippen LogP contribution in [0.25, 0.3) is 21.3 Å². The number of thiophene rings is 1. The number of benzene rings is 2. The van der Waals surface area contributed by atoms with Crippen LogP contribution in [0.15, 0.2) is 89.5 Å². The number of pyridine rings is 1. The molecule has 3 aromatic heterocycles. The minimum absolute atomic E-state index is 0.106. The van der Waals surface area contributed by atoms with E-state index in [2.05, 4.69) is 25.0 Å². The molecule has 0 saturated carbocycles. The molecule has 2 aromatic carbocycles. The van der Waals surface area contributed by atoms with Crippen LogP contribution in [0.3, 0.4) is 0 Å². The van der Waals surface area contributed by atoms with Crippen LogP contribution in [0, 0.1) is 5.82 Å². The van der Waals surface area contributed by atoms with Crippen molar-refractivity contribution >= 4 is 48.9 Å². The van der Waals surface area contributed by atoms with Gasteiger partial charge in [-0.05, 0) is 54.1 Å². The average molecular weight is 478 g/mol. The van der Waals surface area contributed by atoms with Gasteiger partial charge in [-0.2, -0.15) is 0 Å². The standard InChI is InChI=1S/C23H16FN5O2S2/c24-16-6-4-15(5-7-16)19-13-32-23-21(19)22(26-14-27-23)28-17-8-10-18(11-9-17)33(30,31)29-20-3-1-2-12-25-20/h1-14H,(H,25,29)(H,26,27,28). The summed E-state index contributed by atoms with van der Waals surface area (Å²) in [5.74, 6) is 0.511. The maximum absolute atomic E-state index is 13.4. The van der Waals surface area contributed by atoms with Crippen LogP contribution in [-0.4, -0.2) is 23.4 Å². The number of aromatic nitrogens is 3. The fourth-order valence-corrected chi connectivity index (χ4v) is 5.21. The fraction of sp³-hybridized carbons (Fsp3) is 0. The zero-order chi connectivity index (χ0) is 22.8. The van der Waals surface area contributed by atoms with Crippen LogP contribution < -0.4 is 10.0 Å². The first-order valence-corrected chi connectivity index (χ1v) is 12.1. The van der Waals surface area contributed by atoms with Crippen molar-refractivity contribution in [2.75, 3.05) is 10.0 Å². The maximum atomic E-state index is 13.4.